The van der Waals surface area contributed by atoms with Crippen molar-refractivity contribution in [1.29, 1.82) is 0 Å². The Kier molecular flexibility index (Phi) is 4.50. The Hall–Kier alpha value is -2.25. The fourth-order valence-electron chi connectivity index (χ4n) is 3.21. The number of amides is 1. The molecule has 0 unspecified atom stereocenters. The highest BCUT2D eigenvalue weighted by Gasteiger charge is 2.19. The maximum atomic E-state index is 12.4. The first kappa shape index (κ1) is 16.2. The molecule has 1 fully saturated rings. The second-order valence-corrected chi connectivity index (χ2v) is 7.30. The normalized spacial score (nSPS) is 15.6. The number of rotatable bonds is 4. The largest absolute Gasteiger partial charge is 0.381 e. The van der Waals surface area contributed by atoms with Crippen molar-refractivity contribution in [1.82, 2.24) is 14.5 Å². The van der Waals surface area contributed by atoms with Crippen LogP contribution in [0, 0.1) is 6.92 Å². The molecule has 1 saturated heterocycles. The average Bonchev–Trinajstić information content (AvgIpc) is 3.21. The fourth-order valence-corrected chi connectivity index (χ4v) is 4.21. The number of hydrogen-bond acceptors (Lipinski definition) is 5. The number of aromatic nitrogens is 3. The number of thiazole rings is 1. The molecule has 1 amide bonds. The lowest BCUT2D eigenvalue weighted by atomic mass is 9.99. The van der Waals surface area contributed by atoms with E-state index in [9.17, 15) is 4.79 Å². The zero-order valence-corrected chi connectivity index (χ0v) is 14.9. The number of para-hydroxylation sites is 2. The molecule has 2 aromatic heterocycles. The van der Waals surface area contributed by atoms with Gasteiger partial charge in [-0.15, -0.1) is 11.3 Å². The van der Waals surface area contributed by atoms with Gasteiger partial charge in [0.25, 0.3) is 0 Å². The van der Waals surface area contributed by atoms with Crippen molar-refractivity contribution < 1.29 is 9.53 Å². The Balaban J connectivity index is 1.45. The zero-order chi connectivity index (χ0) is 17.2. The van der Waals surface area contributed by atoms with Crippen LogP contribution in [0.25, 0.3) is 11.0 Å². The summed E-state index contributed by atoms with van der Waals surface area (Å²) in [6.45, 7) is 3.76. The Morgan fingerprint density at radius 1 is 1.36 bits per heavy atom. The maximum Gasteiger partial charge on any atom is 0.246 e. The number of benzene rings is 1. The molecule has 3 aromatic rings. The standard InChI is InChI=1S/C18H20N4O2S/c1-12-20-14-4-2-3-5-15(14)22(12)11-17(23)21-18-19-10-16(25-18)13-6-8-24-9-7-13/h2-5,10,13H,6-9,11H2,1H3,(H,19,21,23). The summed E-state index contributed by atoms with van der Waals surface area (Å²) in [4.78, 5) is 22.5. The van der Waals surface area contributed by atoms with E-state index in [1.807, 2.05) is 42.0 Å². The fraction of sp³-hybridized carbons (Fsp3) is 0.389. The smallest absolute Gasteiger partial charge is 0.246 e. The minimum atomic E-state index is -0.0841. The van der Waals surface area contributed by atoms with Crippen LogP contribution in [0.5, 0.6) is 0 Å². The molecule has 0 aliphatic carbocycles. The van der Waals surface area contributed by atoms with Crippen LogP contribution in [0.4, 0.5) is 5.13 Å². The molecule has 1 aromatic carbocycles. The maximum absolute atomic E-state index is 12.4. The lowest BCUT2D eigenvalue weighted by Gasteiger charge is -2.20. The van der Waals surface area contributed by atoms with Crippen LogP contribution >= 0.6 is 11.3 Å². The van der Waals surface area contributed by atoms with Gasteiger partial charge in [-0.1, -0.05) is 12.1 Å². The van der Waals surface area contributed by atoms with Gasteiger partial charge in [0.1, 0.15) is 12.4 Å². The van der Waals surface area contributed by atoms with Crippen LogP contribution in [0.15, 0.2) is 30.5 Å². The molecule has 4 rings (SSSR count). The minimum absolute atomic E-state index is 0.0841. The van der Waals surface area contributed by atoms with Crippen LogP contribution in [0.2, 0.25) is 0 Å². The number of fused-ring (bicyclic) bond motifs is 1. The highest BCUT2D eigenvalue weighted by atomic mass is 32.1. The lowest BCUT2D eigenvalue weighted by Crippen LogP contribution is -2.19. The topological polar surface area (TPSA) is 69.0 Å². The predicted octanol–water partition coefficient (Wildman–Crippen LogP) is 3.33. The number of aryl methyl sites for hydroxylation is 1. The highest BCUT2D eigenvalue weighted by molar-refractivity contribution is 7.15. The second-order valence-electron chi connectivity index (χ2n) is 6.24. The number of ether oxygens (including phenoxy) is 1. The summed E-state index contributed by atoms with van der Waals surface area (Å²) in [6.07, 6.45) is 3.93. The van der Waals surface area contributed by atoms with Gasteiger partial charge in [0, 0.05) is 24.3 Å². The number of anilines is 1. The molecule has 7 heteroatoms. The van der Waals surface area contributed by atoms with Gasteiger partial charge >= 0.3 is 0 Å². The number of nitrogens with one attached hydrogen (secondary N) is 1. The van der Waals surface area contributed by atoms with E-state index in [1.54, 1.807) is 11.3 Å². The quantitative estimate of drug-likeness (QED) is 0.778. The van der Waals surface area contributed by atoms with Gasteiger partial charge in [0.05, 0.1) is 11.0 Å². The first-order chi connectivity index (χ1) is 12.2. The van der Waals surface area contributed by atoms with Gasteiger partial charge in [-0.05, 0) is 37.8 Å². The first-order valence-electron chi connectivity index (χ1n) is 8.46. The summed E-state index contributed by atoms with van der Waals surface area (Å²) < 4.78 is 7.33. The third-order valence-corrected chi connectivity index (χ3v) is 5.62. The van der Waals surface area contributed by atoms with Crippen LogP contribution < -0.4 is 5.32 Å². The lowest BCUT2D eigenvalue weighted by molar-refractivity contribution is -0.116. The third-order valence-electron chi connectivity index (χ3n) is 4.54. The van der Waals surface area contributed by atoms with Crippen LogP contribution in [-0.2, 0) is 16.1 Å². The van der Waals surface area contributed by atoms with Crippen molar-refractivity contribution >= 4 is 33.4 Å². The number of hydrogen-bond donors (Lipinski definition) is 1. The molecule has 3 heterocycles. The van der Waals surface area contributed by atoms with E-state index in [4.69, 9.17) is 4.74 Å². The van der Waals surface area contributed by atoms with Crippen LogP contribution in [-0.4, -0.2) is 33.7 Å². The molecular formula is C18H20N4O2S. The Bertz CT molecular complexity index is 896. The Morgan fingerprint density at radius 2 is 2.16 bits per heavy atom. The van der Waals surface area contributed by atoms with Gasteiger partial charge < -0.3 is 14.6 Å². The van der Waals surface area contributed by atoms with Crippen molar-refractivity contribution in [2.45, 2.75) is 32.2 Å². The monoisotopic (exact) mass is 356 g/mol. The molecule has 0 bridgehead atoms. The first-order valence-corrected chi connectivity index (χ1v) is 9.27. The van der Waals surface area contributed by atoms with Gasteiger partial charge in [-0.25, -0.2) is 9.97 Å². The van der Waals surface area contributed by atoms with Gasteiger partial charge in [0.15, 0.2) is 5.13 Å². The summed E-state index contributed by atoms with van der Waals surface area (Å²) in [5.74, 6) is 1.24. The molecule has 0 radical (unpaired) electrons. The van der Waals surface area contributed by atoms with E-state index in [1.165, 1.54) is 4.88 Å². The van der Waals surface area contributed by atoms with Gasteiger partial charge in [-0.3, -0.25) is 4.79 Å². The van der Waals surface area contributed by atoms with E-state index in [-0.39, 0.29) is 12.5 Å². The summed E-state index contributed by atoms with van der Waals surface area (Å²) in [5.41, 5.74) is 1.88. The molecule has 1 aliphatic rings. The molecule has 25 heavy (non-hydrogen) atoms. The van der Waals surface area contributed by atoms with Crippen LogP contribution in [0.1, 0.15) is 29.5 Å². The minimum Gasteiger partial charge on any atom is -0.381 e. The summed E-state index contributed by atoms with van der Waals surface area (Å²) in [5, 5.41) is 3.58. The third kappa shape index (κ3) is 3.43. The number of carbonyl (C=O) groups is 1. The Morgan fingerprint density at radius 3 is 3.00 bits per heavy atom. The molecule has 0 spiro atoms. The number of carbonyl (C=O) groups excluding carboxylic acids is 1. The number of nitrogens with zero attached hydrogens (tertiary/aromatic N) is 3. The molecule has 0 atom stereocenters. The predicted molar refractivity (Wildman–Crippen MR) is 98.0 cm³/mol. The van der Waals surface area contributed by atoms with Crippen molar-refractivity contribution in [2.75, 3.05) is 18.5 Å². The van der Waals surface area contributed by atoms with Crippen molar-refractivity contribution in [3.8, 4) is 0 Å². The zero-order valence-electron chi connectivity index (χ0n) is 14.1. The van der Waals surface area contributed by atoms with E-state index in [2.05, 4.69) is 15.3 Å². The highest BCUT2D eigenvalue weighted by Crippen LogP contribution is 2.32. The van der Waals surface area contributed by atoms with E-state index in [0.717, 1.165) is 42.9 Å². The van der Waals surface area contributed by atoms with Crippen molar-refractivity contribution in [3.05, 3.63) is 41.2 Å². The van der Waals surface area contributed by atoms with Gasteiger partial charge in [0.2, 0.25) is 5.91 Å². The van der Waals surface area contributed by atoms with E-state index >= 15 is 0 Å². The van der Waals surface area contributed by atoms with E-state index in [0.29, 0.717) is 11.0 Å². The van der Waals surface area contributed by atoms with Crippen molar-refractivity contribution in [2.24, 2.45) is 0 Å². The average molecular weight is 356 g/mol. The number of imidazole rings is 1. The Labute approximate surface area is 149 Å². The molecule has 1 N–H and O–H groups in total. The summed E-state index contributed by atoms with van der Waals surface area (Å²) in [7, 11) is 0. The molecule has 1 aliphatic heterocycles. The molecule has 6 nitrogen and oxygen atoms in total. The second kappa shape index (κ2) is 6.93. The molecule has 0 saturated carbocycles. The molecular weight excluding hydrogens is 336 g/mol. The van der Waals surface area contributed by atoms with Crippen molar-refractivity contribution in [3.63, 3.8) is 0 Å². The molecule has 130 valence electrons. The summed E-state index contributed by atoms with van der Waals surface area (Å²) >= 11 is 1.56. The van der Waals surface area contributed by atoms with Gasteiger partial charge in [-0.2, -0.15) is 0 Å². The summed E-state index contributed by atoms with van der Waals surface area (Å²) in [6, 6.07) is 7.85. The van der Waals surface area contributed by atoms with Crippen LogP contribution in [0.3, 0.4) is 0 Å². The SMILES string of the molecule is Cc1nc2ccccc2n1CC(=O)Nc1ncc(C2CCOCC2)s1. The van der Waals surface area contributed by atoms with E-state index < -0.39 is 0 Å².